The van der Waals surface area contributed by atoms with E-state index in [1.807, 2.05) is 0 Å². The Balaban J connectivity index is 2.32. The maximum atomic E-state index is 11.7. The van der Waals surface area contributed by atoms with Gasteiger partial charge in [-0.3, -0.25) is 9.59 Å². The molecule has 0 atom stereocenters. The Labute approximate surface area is 116 Å². The lowest BCUT2D eigenvalue weighted by molar-refractivity contribution is -0.134. The maximum absolute atomic E-state index is 11.7. The van der Waals surface area contributed by atoms with Crippen LogP contribution in [0.25, 0.3) is 5.57 Å². The normalized spacial score (nSPS) is 13.7. The van der Waals surface area contributed by atoms with E-state index in [1.165, 1.54) is 19.9 Å². The van der Waals surface area contributed by atoms with Gasteiger partial charge in [-0.2, -0.15) is 0 Å². The number of carbonyl (C=O) groups excluding carboxylic acids is 3. The molecule has 1 heterocycles. The maximum Gasteiger partial charge on any atom is 0.331 e. The first-order chi connectivity index (χ1) is 9.47. The summed E-state index contributed by atoms with van der Waals surface area (Å²) in [5.74, 6) is -0.319. The van der Waals surface area contributed by atoms with Gasteiger partial charge in [0.05, 0.1) is 5.56 Å². The second kappa shape index (κ2) is 5.69. The largest absolute Gasteiger partial charge is 0.485 e. The van der Waals surface area contributed by atoms with Crippen LogP contribution in [0.15, 0.2) is 24.3 Å². The lowest BCUT2D eigenvalue weighted by atomic mass is 10.0. The number of carbonyl (C=O) groups is 3. The molecule has 0 bridgehead atoms. The topological polar surface area (TPSA) is 69.7 Å². The smallest absolute Gasteiger partial charge is 0.331 e. The summed E-state index contributed by atoms with van der Waals surface area (Å²) in [5, 5.41) is 0. The zero-order chi connectivity index (χ0) is 14.7. The van der Waals surface area contributed by atoms with Crippen molar-refractivity contribution in [3.05, 3.63) is 35.4 Å². The van der Waals surface area contributed by atoms with Crippen molar-refractivity contribution in [2.75, 3.05) is 13.2 Å². The van der Waals surface area contributed by atoms with Crippen LogP contribution in [0.4, 0.5) is 0 Å². The Morgan fingerprint density at radius 1 is 1.30 bits per heavy atom. The standard InChI is InChI=1S/C15H14O5/c1-9(16)7-19-14-4-3-11(5-13(14)10(2)17)12-6-15(18)20-8-12/h3-6H,7-8H2,1-2H3. The van der Waals surface area contributed by atoms with Gasteiger partial charge in [0.25, 0.3) is 0 Å². The van der Waals surface area contributed by atoms with Crippen LogP contribution >= 0.6 is 0 Å². The van der Waals surface area contributed by atoms with Gasteiger partial charge in [-0.25, -0.2) is 4.79 Å². The van der Waals surface area contributed by atoms with E-state index in [2.05, 4.69) is 0 Å². The number of rotatable bonds is 5. The molecule has 0 N–H and O–H groups in total. The Morgan fingerprint density at radius 2 is 2.05 bits per heavy atom. The van der Waals surface area contributed by atoms with E-state index in [1.54, 1.807) is 18.2 Å². The van der Waals surface area contributed by atoms with Gasteiger partial charge in [-0.15, -0.1) is 0 Å². The van der Waals surface area contributed by atoms with Crippen molar-refractivity contribution in [2.45, 2.75) is 13.8 Å². The van der Waals surface area contributed by atoms with Gasteiger partial charge >= 0.3 is 5.97 Å². The zero-order valence-electron chi connectivity index (χ0n) is 11.3. The lowest BCUT2D eigenvalue weighted by Gasteiger charge is -2.10. The average Bonchev–Trinajstić information content (AvgIpc) is 2.82. The first-order valence-electron chi connectivity index (χ1n) is 6.12. The minimum atomic E-state index is -0.388. The van der Waals surface area contributed by atoms with Crippen molar-refractivity contribution < 1.29 is 23.9 Å². The summed E-state index contributed by atoms with van der Waals surface area (Å²) in [7, 11) is 0. The number of hydrogen-bond donors (Lipinski definition) is 0. The number of Topliss-reactive ketones (excluding diaryl/α,β-unsaturated/α-hetero) is 2. The third-order valence-corrected chi connectivity index (χ3v) is 2.82. The molecule has 2 rings (SSSR count). The molecule has 5 heteroatoms. The molecule has 20 heavy (non-hydrogen) atoms. The van der Waals surface area contributed by atoms with E-state index >= 15 is 0 Å². The molecule has 1 aliphatic heterocycles. The fraction of sp³-hybridized carbons (Fsp3) is 0.267. The lowest BCUT2D eigenvalue weighted by Crippen LogP contribution is -2.09. The predicted molar refractivity (Wildman–Crippen MR) is 71.6 cm³/mol. The van der Waals surface area contributed by atoms with Crippen LogP contribution in [-0.2, 0) is 14.3 Å². The highest BCUT2D eigenvalue weighted by Gasteiger charge is 2.17. The monoisotopic (exact) mass is 274 g/mol. The predicted octanol–water partition coefficient (Wildman–Crippen LogP) is 1.80. The van der Waals surface area contributed by atoms with Gasteiger partial charge in [0.2, 0.25) is 0 Å². The molecule has 0 saturated carbocycles. The van der Waals surface area contributed by atoms with Gasteiger partial charge in [0.1, 0.15) is 19.0 Å². The summed E-state index contributed by atoms with van der Waals surface area (Å²) in [4.78, 5) is 33.7. The summed E-state index contributed by atoms with van der Waals surface area (Å²) in [6.07, 6.45) is 1.40. The number of benzene rings is 1. The fourth-order valence-corrected chi connectivity index (χ4v) is 1.85. The van der Waals surface area contributed by atoms with Crippen LogP contribution in [-0.4, -0.2) is 30.7 Å². The van der Waals surface area contributed by atoms with E-state index in [0.717, 1.165) is 11.1 Å². The third-order valence-electron chi connectivity index (χ3n) is 2.82. The highest BCUT2D eigenvalue weighted by atomic mass is 16.5. The molecule has 0 amide bonds. The molecule has 1 aromatic rings. The molecule has 0 spiro atoms. The second-order valence-electron chi connectivity index (χ2n) is 4.54. The molecule has 0 aromatic heterocycles. The Hall–Kier alpha value is -2.43. The Kier molecular flexibility index (Phi) is 3.98. The summed E-state index contributed by atoms with van der Waals surface area (Å²) < 4.78 is 10.1. The Morgan fingerprint density at radius 3 is 2.60 bits per heavy atom. The van der Waals surface area contributed by atoms with Gasteiger partial charge in [-0.05, 0) is 31.5 Å². The van der Waals surface area contributed by atoms with Crippen LogP contribution < -0.4 is 4.74 Å². The van der Waals surface area contributed by atoms with Crippen molar-refractivity contribution in [2.24, 2.45) is 0 Å². The van der Waals surface area contributed by atoms with Gasteiger partial charge in [-0.1, -0.05) is 6.07 Å². The Bertz CT molecular complexity index is 613. The van der Waals surface area contributed by atoms with E-state index in [9.17, 15) is 14.4 Å². The molecular weight excluding hydrogens is 260 g/mol. The first-order valence-corrected chi connectivity index (χ1v) is 6.12. The second-order valence-corrected chi connectivity index (χ2v) is 4.54. The third kappa shape index (κ3) is 3.12. The van der Waals surface area contributed by atoms with Crippen molar-refractivity contribution in [3.63, 3.8) is 0 Å². The van der Waals surface area contributed by atoms with Crippen LogP contribution in [0.5, 0.6) is 5.75 Å². The van der Waals surface area contributed by atoms with Crippen LogP contribution in [0.2, 0.25) is 0 Å². The van der Waals surface area contributed by atoms with Crippen molar-refractivity contribution in [1.82, 2.24) is 0 Å². The van der Waals surface area contributed by atoms with E-state index in [-0.39, 0.29) is 30.7 Å². The molecule has 0 saturated heterocycles. The molecular formula is C15H14O5. The zero-order valence-corrected chi connectivity index (χ0v) is 11.3. The molecule has 0 radical (unpaired) electrons. The molecule has 5 nitrogen and oxygen atoms in total. The fourth-order valence-electron chi connectivity index (χ4n) is 1.85. The van der Waals surface area contributed by atoms with Crippen molar-refractivity contribution >= 4 is 23.1 Å². The number of ketones is 2. The molecule has 0 fully saturated rings. The van der Waals surface area contributed by atoms with Crippen molar-refractivity contribution in [3.8, 4) is 5.75 Å². The van der Waals surface area contributed by atoms with Gasteiger partial charge in [0.15, 0.2) is 11.6 Å². The number of ether oxygens (including phenoxy) is 2. The molecule has 0 aliphatic carbocycles. The summed E-state index contributed by atoms with van der Waals surface area (Å²) in [5.41, 5.74) is 1.83. The van der Waals surface area contributed by atoms with E-state index in [4.69, 9.17) is 9.47 Å². The first kappa shape index (κ1) is 14.0. The van der Waals surface area contributed by atoms with Gasteiger partial charge in [0, 0.05) is 11.6 Å². The minimum absolute atomic E-state index is 0.0794. The summed E-state index contributed by atoms with van der Waals surface area (Å²) in [6.45, 7) is 2.95. The molecule has 1 aliphatic rings. The molecule has 0 unspecified atom stereocenters. The van der Waals surface area contributed by atoms with E-state index < -0.39 is 0 Å². The van der Waals surface area contributed by atoms with Crippen LogP contribution in [0.3, 0.4) is 0 Å². The minimum Gasteiger partial charge on any atom is -0.485 e. The van der Waals surface area contributed by atoms with Crippen LogP contribution in [0, 0.1) is 0 Å². The molecule has 104 valence electrons. The number of hydrogen-bond acceptors (Lipinski definition) is 5. The van der Waals surface area contributed by atoms with Gasteiger partial charge < -0.3 is 9.47 Å². The highest BCUT2D eigenvalue weighted by Crippen LogP contribution is 2.26. The van der Waals surface area contributed by atoms with E-state index in [0.29, 0.717) is 11.3 Å². The number of cyclic esters (lactones) is 1. The highest BCUT2D eigenvalue weighted by molar-refractivity contribution is 6.00. The van der Waals surface area contributed by atoms with Crippen LogP contribution in [0.1, 0.15) is 29.8 Å². The SMILES string of the molecule is CC(=O)COc1ccc(C2=CC(=O)OC2)cc1C(C)=O. The summed E-state index contributed by atoms with van der Waals surface area (Å²) >= 11 is 0. The summed E-state index contributed by atoms with van der Waals surface area (Å²) in [6, 6.07) is 5.00. The van der Waals surface area contributed by atoms with Crippen molar-refractivity contribution in [1.29, 1.82) is 0 Å². The average molecular weight is 274 g/mol. The number of esters is 1. The molecule has 1 aromatic carbocycles. The quantitative estimate of drug-likeness (QED) is 0.605.